The van der Waals surface area contributed by atoms with Gasteiger partial charge in [0.25, 0.3) is 0 Å². The second kappa shape index (κ2) is 3.15. The Morgan fingerprint density at radius 3 is 2.00 bits per heavy atom. The van der Waals surface area contributed by atoms with Crippen molar-refractivity contribution < 1.29 is 15.1 Å². The highest BCUT2D eigenvalue weighted by Gasteiger charge is 1.96. The molecule has 0 aliphatic rings. The predicted molar refractivity (Wildman–Crippen MR) is 22.3 cm³/mol. The van der Waals surface area contributed by atoms with Gasteiger partial charge in [-0.25, -0.2) is 5.26 Å². The molecule has 0 rings (SSSR count). The maximum absolute atomic E-state index is 7.51. The lowest BCUT2D eigenvalue weighted by Gasteiger charge is -1.92. The minimum Gasteiger partial charge on any atom is -0.276 e. The van der Waals surface area contributed by atoms with E-state index in [0.29, 0.717) is 0 Å². The van der Waals surface area contributed by atoms with Gasteiger partial charge in [0.1, 0.15) is 0 Å². The molecule has 0 spiro atoms. The van der Waals surface area contributed by atoms with Crippen LogP contribution in [0.2, 0.25) is 13.6 Å². The molecule has 3 nitrogen and oxygen atoms in total. The van der Waals surface area contributed by atoms with Gasteiger partial charge in [-0.2, -0.15) is 0 Å². The SMILES string of the molecule is CB(C)OOO. The third kappa shape index (κ3) is 3.94. The summed E-state index contributed by atoms with van der Waals surface area (Å²) in [4.78, 5) is 4.10. The Hall–Kier alpha value is -0.0551. The molecule has 6 heavy (non-hydrogen) atoms. The van der Waals surface area contributed by atoms with E-state index in [0.717, 1.165) is 0 Å². The number of hydrogen-bond donors (Lipinski definition) is 1. The molecular formula is C2H7BO3. The molecule has 0 bridgehead atoms. The van der Waals surface area contributed by atoms with Crippen LogP contribution in [0.15, 0.2) is 0 Å². The van der Waals surface area contributed by atoms with Crippen LogP contribution in [0.4, 0.5) is 0 Å². The van der Waals surface area contributed by atoms with Crippen LogP contribution in [0, 0.1) is 0 Å². The average molecular weight is 89.9 g/mol. The van der Waals surface area contributed by atoms with E-state index in [4.69, 9.17) is 5.26 Å². The standard InChI is InChI=1S/C2H7BO3/c1-3(2)5-6-4/h4H,1-2H3. The Bertz CT molecular complexity index is 30.0. The van der Waals surface area contributed by atoms with Gasteiger partial charge in [-0.15, -0.1) is 0 Å². The molecule has 0 aliphatic heterocycles. The molecule has 0 heterocycles. The molecule has 0 saturated heterocycles. The van der Waals surface area contributed by atoms with Crippen molar-refractivity contribution in [3.8, 4) is 0 Å². The van der Waals surface area contributed by atoms with Crippen molar-refractivity contribution in [3.63, 3.8) is 0 Å². The van der Waals surface area contributed by atoms with Crippen LogP contribution < -0.4 is 0 Å². The summed E-state index contributed by atoms with van der Waals surface area (Å²) in [5, 5.41) is 10.8. The summed E-state index contributed by atoms with van der Waals surface area (Å²) in [5.41, 5.74) is 0. The van der Waals surface area contributed by atoms with Crippen LogP contribution in [0.1, 0.15) is 0 Å². The summed E-state index contributed by atoms with van der Waals surface area (Å²) in [7, 11) is 0. The number of rotatable bonds is 2. The van der Waals surface area contributed by atoms with Gasteiger partial charge < -0.3 is 0 Å². The van der Waals surface area contributed by atoms with Gasteiger partial charge in [-0.05, 0) is 0 Å². The lowest BCUT2D eigenvalue weighted by molar-refractivity contribution is -0.444. The molecule has 0 atom stereocenters. The van der Waals surface area contributed by atoms with Crippen LogP contribution in [0.3, 0.4) is 0 Å². The molecule has 0 aliphatic carbocycles. The van der Waals surface area contributed by atoms with Crippen LogP contribution >= 0.6 is 0 Å². The van der Waals surface area contributed by atoms with Crippen molar-refractivity contribution in [2.75, 3.05) is 0 Å². The molecule has 0 radical (unpaired) electrons. The zero-order valence-electron chi connectivity index (χ0n) is 3.84. The fourth-order valence-electron chi connectivity index (χ4n) is 0.0861. The quantitative estimate of drug-likeness (QED) is 0.307. The van der Waals surface area contributed by atoms with Crippen molar-refractivity contribution in [1.82, 2.24) is 0 Å². The minimum absolute atomic E-state index is 0.0741. The van der Waals surface area contributed by atoms with Gasteiger partial charge in [0.15, 0.2) is 0 Å². The third-order valence-electron chi connectivity index (χ3n) is 0.235. The molecule has 1 N–H and O–H groups in total. The summed E-state index contributed by atoms with van der Waals surface area (Å²) in [6.45, 7) is 3.42. The smallest absolute Gasteiger partial charge is 0.276 e. The van der Waals surface area contributed by atoms with E-state index in [1.807, 2.05) is 0 Å². The van der Waals surface area contributed by atoms with E-state index in [2.05, 4.69) is 9.84 Å². The first-order valence-corrected chi connectivity index (χ1v) is 1.74. The van der Waals surface area contributed by atoms with Crippen molar-refractivity contribution in [2.45, 2.75) is 13.6 Å². The first-order chi connectivity index (χ1) is 2.77. The highest BCUT2D eigenvalue weighted by Crippen LogP contribution is 1.79. The van der Waals surface area contributed by atoms with E-state index >= 15 is 0 Å². The molecule has 0 unspecified atom stereocenters. The summed E-state index contributed by atoms with van der Waals surface area (Å²) in [5.74, 6) is 0. The van der Waals surface area contributed by atoms with Crippen molar-refractivity contribution >= 4 is 6.92 Å². The monoisotopic (exact) mass is 90.0 g/mol. The second-order valence-corrected chi connectivity index (χ2v) is 1.22. The lowest BCUT2D eigenvalue weighted by atomic mass is 9.76. The lowest BCUT2D eigenvalue weighted by Crippen LogP contribution is -2.05. The van der Waals surface area contributed by atoms with Crippen LogP contribution in [-0.2, 0) is 9.84 Å². The van der Waals surface area contributed by atoms with E-state index in [1.165, 1.54) is 0 Å². The zero-order valence-corrected chi connectivity index (χ0v) is 3.84. The van der Waals surface area contributed by atoms with Crippen LogP contribution in [0.25, 0.3) is 0 Å². The highest BCUT2D eigenvalue weighted by atomic mass is 17.5. The van der Waals surface area contributed by atoms with Gasteiger partial charge in [0.2, 0.25) is 0 Å². The van der Waals surface area contributed by atoms with Crippen LogP contribution in [-0.4, -0.2) is 12.2 Å². The largest absolute Gasteiger partial charge is 0.338 e. The van der Waals surface area contributed by atoms with E-state index < -0.39 is 0 Å². The Balaban J connectivity index is 2.63. The maximum atomic E-state index is 7.51. The van der Waals surface area contributed by atoms with Crippen LogP contribution in [0.5, 0.6) is 0 Å². The summed E-state index contributed by atoms with van der Waals surface area (Å²) >= 11 is 0. The molecular weight excluding hydrogens is 82.8 g/mol. The highest BCUT2D eigenvalue weighted by molar-refractivity contribution is 6.48. The summed E-state index contributed by atoms with van der Waals surface area (Å²) in [6, 6.07) is 0. The molecule has 36 valence electrons. The normalized spacial score (nSPS) is 8.50. The molecule has 0 saturated carbocycles. The average Bonchev–Trinajstić information content (AvgIpc) is 1.35. The van der Waals surface area contributed by atoms with E-state index in [9.17, 15) is 0 Å². The first-order valence-electron chi connectivity index (χ1n) is 1.74. The molecule has 0 aromatic carbocycles. The molecule has 0 fully saturated rings. The van der Waals surface area contributed by atoms with Crippen molar-refractivity contribution in [2.24, 2.45) is 0 Å². The van der Waals surface area contributed by atoms with Crippen molar-refractivity contribution in [3.05, 3.63) is 0 Å². The fraction of sp³-hybridized carbons (Fsp3) is 1.00. The Morgan fingerprint density at radius 1 is 1.50 bits per heavy atom. The summed E-state index contributed by atoms with van der Waals surface area (Å²) in [6.07, 6.45) is 0. The fourth-order valence-corrected chi connectivity index (χ4v) is 0.0861. The van der Waals surface area contributed by atoms with Crippen molar-refractivity contribution in [1.29, 1.82) is 0 Å². The molecule has 4 heteroatoms. The van der Waals surface area contributed by atoms with E-state index in [-0.39, 0.29) is 6.92 Å². The first kappa shape index (κ1) is 5.94. The summed E-state index contributed by atoms with van der Waals surface area (Å²) < 4.78 is 0. The Kier molecular flexibility index (Phi) is 3.12. The molecule has 0 aromatic heterocycles. The molecule has 0 aromatic rings. The Labute approximate surface area is 36.8 Å². The van der Waals surface area contributed by atoms with E-state index in [1.54, 1.807) is 13.6 Å². The third-order valence-corrected chi connectivity index (χ3v) is 0.235. The van der Waals surface area contributed by atoms with Gasteiger partial charge in [0, 0.05) is 0 Å². The predicted octanol–water partition coefficient (Wildman–Crippen LogP) is 0.659. The zero-order chi connectivity index (χ0) is 4.99. The van der Waals surface area contributed by atoms with Gasteiger partial charge >= 0.3 is 6.92 Å². The number of hydrogen-bond acceptors (Lipinski definition) is 3. The maximum Gasteiger partial charge on any atom is 0.338 e. The van der Waals surface area contributed by atoms with Gasteiger partial charge in [0.05, 0.1) is 0 Å². The second-order valence-electron chi connectivity index (χ2n) is 1.22. The minimum atomic E-state index is -0.0741. The van der Waals surface area contributed by atoms with Gasteiger partial charge in [-0.3, -0.25) is 4.81 Å². The topological polar surface area (TPSA) is 38.7 Å². The molecule has 0 amide bonds. The van der Waals surface area contributed by atoms with Gasteiger partial charge in [-0.1, -0.05) is 18.7 Å². The Morgan fingerprint density at radius 2 is 2.00 bits per heavy atom.